The van der Waals surface area contributed by atoms with Crippen molar-refractivity contribution in [2.75, 3.05) is 0 Å². The molecule has 84 valence electrons. The van der Waals surface area contributed by atoms with Crippen molar-refractivity contribution in [1.82, 2.24) is 0 Å². The van der Waals surface area contributed by atoms with Crippen molar-refractivity contribution in [3.05, 3.63) is 59.9 Å². The largest absolute Gasteiger partial charge is 0.121 e. The van der Waals surface area contributed by atoms with Gasteiger partial charge in [0.05, 0.1) is 0 Å². The van der Waals surface area contributed by atoms with E-state index in [1.54, 1.807) is 0 Å². The summed E-state index contributed by atoms with van der Waals surface area (Å²) in [5.41, 5.74) is 5.95. The average molecular weight is 212 g/mol. The molecule has 0 aliphatic carbocycles. The van der Waals surface area contributed by atoms with Crippen LogP contribution in [0, 0.1) is 0 Å². The van der Waals surface area contributed by atoms with Crippen LogP contribution in [0.2, 0.25) is 0 Å². The number of hydrogen-bond donors (Lipinski definition) is 0. The van der Waals surface area contributed by atoms with Gasteiger partial charge in [-0.25, -0.2) is 0 Å². The maximum absolute atomic E-state index is 3.79. The molecule has 0 aliphatic heterocycles. The van der Waals surface area contributed by atoms with Crippen LogP contribution in [0.5, 0.6) is 0 Å². The predicted octanol–water partition coefficient (Wildman–Crippen LogP) is 4.99. The first-order valence-electron chi connectivity index (χ1n) is 5.97. The molecule has 0 amide bonds. The molecule has 0 bridgehead atoms. The van der Waals surface area contributed by atoms with Gasteiger partial charge in [-0.15, -0.1) is 12.3 Å². The van der Waals surface area contributed by atoms with Crippen LogP contribution in [0.3, 0.4) is 0 Å². The van der Waals surface area contributed by atoms with Gasteiger partial charge in [-0.2, -0.15) is 0 Å². The van der Waals surface area contributed by atoms with E-state index in [1.807, 2.05) is 24.3 Å². The van der Waals surface area contributed by atoms with E-state index in [4.69, 9.17) is 0 Å². The summed E-state index contributed by atoms with van der Waals surface area (Å²) >= 11 is 0. The fourth-order valence-corrected chi connectivity index (χ4v) is 1.53. The van der Waals surface area contributed by atoms with E-state index < -0.39 is 0 Å². The van der Waals surface area contributed by atoms with Gasteiger partial charge in [0.15, 0.2) is 0 Å². The first kappa shape index (κ1) is 12.5. The molecule has 0 aromatic heterocycles. The molecule has 16 heavy (non-hydrogen) atoms. The monoisotopic (exact) mass is 212 g/mol. The van der Waals surface area contributed by atoms with Gasteiger partial charge >= 0.3 is 0 Å². The predicted molar refractivity (Wildman–Crippen MR) is 72.3 cm³/mol. The highest BCUT2D eigenvalue weighted by molar-refractivity contribution is 5.48. The number of hydrogen-bond acceptors (Lipinski definition) is 0. The molecule has 0 radical (unpaired) electrons. The van der Waals surface area contributed by atoms with Crippen LogP contribution in [0.4, 0.5) is 0 Å². The van der Waals surface area contributed by atoms with Gasteiger partial charge in [-0.05, 0) is 36.5 Å². The third-order valence-corrected chi connectivity index (χ3v) is 2.47. The van der Waals surface area contributed by atoms with Crippen LogP contribution in [-0.4, -0.2) is 0 Å². The Morgan fingerprint density at radius 1 is 1.31 bits per heavy atom. The molecule has 0 saturated heterocycles. The van der Waals surface area contributed by atoms with Gasteiger partial charge in [0.2, 0.25) is 0 Å². The van der Waals surface area contributed by atoms with Crippen molar-refractivity contribution in [2.24, 2.45) is 0 Å². The lowest BCUT2D eigenvalue weighted by molar-refractivity contribution is 0.777. The first-order chi connectivity index (χ1) is 7.86. The summed E-state index contributed by atoms with van der Waals surface area (Å²) in [6, 6.07) is 10.3. The zero-order valence-electron chi connectivity index (χ0n) is 10.1. The molecule has 0 N–H and O–H groups in total. The zero-order valence-corrected chi connectivity index (χ0v) is 10.1. The van der Waals surface area contributed by atoms with Gasteiger partial charge < -0.3 is 0 Å². The number of allylic oxidation sites excluding steroid dienone is 2. The van der Waals surface area contributed by atoms with Crippen molar-refractivity contribution >= 4 is 6.08 Å². The summed E-state index contributed by atoms with van der Waals surface area (Å²) in [6.07, 6.45) is 8.56. The Morgan fingerprint density at radius 2 is 2.06 bits per heavy atom. The lowest BCUT2D eigenvalue weighted by Crippen LogP contribution is -1.80. The number of rotatable bonds is 6. The third kappa shape index (κ3) is 4.82. The van der Waals surface area contributed by atoms with Crippen LogP contribution in [-0.2, 0) is 0 Å². The summed E-state index contributed by atoms with van der Waals surface area (Å²) in [5.74, 6) is 0. The van der Waals surface area contributed by atoms with Crippen LogP contribution in [0.1, 0.15) is 38.2 Å². The van der Waals surface area contributed by atoms with E-state index in [9.17, 15) is 0 Å². The minimum atomic E-state index is 0.948. The van der Waals surface area contributed by atoms with E-state index in [0.717, 1.165) is 12.8 Å². The molecule has 0 saturated carbocycles. The SMILES string of the molecule is C=CCC(=C=Cc1ccccc1)CCCC. The molecule has 0 spiro atoms. The quantitative estimate of drug-likeness (QED) is 0.460. The van der Waals surface area contributed by atoms with E-state index in [-0.39, 0.29) is 0 Å². The molecule has 1 aromatic rings. The zero-order chi connectivity index (χ0) is 11.6. The Balaban J connectivity index is 2.75. The van der Waals surface area contributed by atoms with Crippen LogP contribution in [0.15, 0.2) is 54.3 Å². The molecule has 0 aliphatic rings. The van der Waals surface area contributed by atoms with Gasteiger partial charge in [-0.1, -0.05) is 49.8 Å². The summed E-state index contributed by atoms with van der Waals surface area (Å²) in [7, 11) is 0. The van der Waals surface area contributed by atoms with Gasteiger partial charge in [0.25, 0.3) is 0 Å². The number of unbranched alkanes of at least 4 members (excludes halogenated alkanes) is 1. The van der Waals surface area contributed by atoms with Gasteiger partial charge in [0, 0.05) is 0 Å². The normalized spacial score (nSPS) is 9.31. The lowest BCUT2D eigenvalue weighted by atomic mass is 10.1. The first-order valence-corrected chi connectivity index (χ1v) is 5.97. The fraction of sp³-hybridized carbons (Fsp3) is 0.312. The second kappa shape index (κ2) is 7.73. The van der Waals surface area contributed by atoms with E-state index >= 15 is 0 Å². The fourth-order valence-electron chi connectivity index (χ4n) is 1.53. The highest BCUT2D eigenvalue weighted by Crippen LogP contribution is 2.11. The molecule has 0 nitrogen and oxygen atoms in total. The van der Waals surface area contributed by atoms with E-state index in [0.29, 0.717) is 0 Å². The van der Waals surface area contributed by atoms with Crippen molar-refractivity contribution in [2.45, 2.75) is 32.6 Å². The highest BCUT2D eigenvalue weighted by Gasteiger charge is 1.92. The topological polar surface area (TPSA) is 0 Å². The minimum Gasteiger partial charge on any atom is -0.121 e. The molecule has 0 heteroatoms. The van der Waals surface area contributed by atoms with Crippen LogP contribution in [0.25, 0.3) is 6.08 Å². The maximum Gasteiger partial charge on any atom is -0.00652 e. The Bertz CT molecular complexity index is 364. The summed E-state index contributed by atoms with van der Waals surface area (Å²) < 4.78 is 0. The highest BCUT2D eigenvalue weighted by atomic mass is 14.0. The van der Waals surface area contributed by atoms with Crippen molar-refractivity contribution in [1.29, 1.82) is 0 Å². The Labute approximate surface area is 99.0 Å². The van der Waals surface area contributed by atoms with Crippen molar-refractivity contribution in [3.8, 4) is 0 Å². The molecule has 0 heterocycles. The molecular formula is C16H20. The summed E-state index contributed by atoms with van der Waals surface area (Å²) in [6.45, 7) is 6.00. The smallest absolute Gasteiger partial charge is 0.00652 e. The maximum atomic E-state index is 3.79. The lowest BCUT2D eigenvalue weighted by Gasteiger charge is -1.99. The minimum absolute atomic E-state index is 0.948. The molecule has 1 aromatic carbocycles. The summed E-state index contributed by atoms with van der Waals surface area (Å²) in [4.78, 5) is 0. The third-order valence-electron chi connectivity index (χ3n) is 2.47. The van der Waals surface area contributed by atoms with E-state index in [1.165, 1.54) is 24.0 Å². The second-order valence-electron chi connectivity index (χ2n) is 3.90. The Morgan fingerprint density at radius 3 is 2.69 bits per heavy atom. The molecular weight excluding hydrogens is 192 g/mol. The molecule has 0 unspecified atom stereocenters. The Kier molecular flexibility index (Phi) is 6.06. The van der Waals surface area contributed by atoms with Crippen molar-refractivity contribution in [3.63, 3.8) is 0 Å². The Hall–Kier alpha value is -1.52. The van der Waals surface area contributed by atoms with Crippen LogP contribution < -0.4 is 0 Å². The molecule has 1 rings (SSSR count). The number of benzene rings is 1. The molecule has 0 atom stereocenters. The summed E-state index contributed by atoms with van der Waals surface area (Å²) in [5, 5.41) is 0. The van der Waals surface area contributed by atoms with Gasteiger partial charge in [-0.3, -0.25) is 0 Å². The van der Waals surface area contributed by atoms with Gasteiger partial charge in [0.1, 0.15) is 0 Å². The standard InChI is InChI=1S/C16H20/c1-3-5-10-15(9-4-2)13-14-16-11-7-6-8-12-16/h4,6-8,11-12,14H,2-3,5,9-10H2,1H3. The van der Waals surface area contributed by atoms with Crippen LogP contribution >= 0.6 is 0 Å². The second-order valence-corrected chi connectivity index (χ2v) is 3.90. The average Bonchev–Trinajstić information content (AvgIpc) is 2.34. The van der Waals surface area contributed by atoms with Crippen molar-refractivity contribution < 1.29 is 0 Å². The molecule has 0 fully saturated rings. The van der Waals surface area contributed by atoms with E-state index in [2.05, 4.69) is 37.4 Å².